The molecule has 4 rings (SSSR count). The topological polar surface area (TPSA) is 98.3 Å². The molecule has 1 amide bonds. The fourth-order valence-electron chi connectivity index (χ4n) is 3.18. The fourth-order valence-corrected chi connectivity index (χ4v) is 3.37. The van der Waals surface area contributed by atoms with Crippen LogP contribution in [0.25, 0.3) is 22.6 Å². The van der Waals surface area contributed by atoms with Gasteiger partial charge in [-0.05, 0) is 73.9 Å². The molecule has 0 saturated carbocycles. The second kappa shape index (κ2) is 7.85. The van der Waals surface area contributed by atoms with Crippen LogP contribution in [-0.2, 0) is 0 Å². The maximum atomic E-state index is 12.7. The van der Waals surface area contributed by atoms with Crippen LogP contribution < -0.4 is 5.32 Å². The number of nitro groups is 1. The Kier molecular flexibility index (Phi) is 5.20. The molecule has 0 unspecified atom stereocenters. The molecule has 31 heavy (non-hydrogen) atoms. The van der Waals surface area contributed by atoms with Crippen molar-refractivity contribution < 1.29 is 14.1 Å². The monoisotopic (exact) mass is 435 g/mol. The molecule has 0 fully saturated rings. The Morgan fingerprint density at radius 2 is 1.77 bits per heavy atom. The van der Waals surface area contributed by atoms with Crippen molar-refractivity contribution in [3.8, 4) is 11.5 Å². The largest absolute Gasteiger partial charge is 0.436 e. The molecule has 0 radical (unpaired) electrons. The number of oxazole rings is 1. The van der Waals surface area contributed by atoms with Gasteiger partial charge in [-0.2, -0.15) is 0 Å². The quantitative estimate of drug-likeness (QED) is 0.302. The smallest absolute Gasteiger partial charge is 0.288 e. The summed E-state index contributed by atoms with van der Waals surface area (Å²) in [5, 5.41) is 13.9. The summed E-state index contributed by atoms with van der Waals surface area (Å²) in [6.07, 6.45) is 0. The number of anilines is 1. The van der Waals surface area contributed by atoms with E-state index >= 15 is 0 Å². The molecule has 0 spiro atoms. The molecule has 3 aromatic carbocycles. The number of hydrogen-bond donors (Lipinski definition) is 1. The van der Waals surface area contributed by atoms with Crippen LogP contribution in [0.2, 0.25) is 5.02 Å². The maximum absolute atomic E-state index is 12.7. The Balaban J connectivity index is 1.66. The first-order valence-electron chi connectivity index (χ1n) is 9.47. The van der Waals surface area contributed by atoms with Gasteiger partial charge in [0, 0.05) is 22.9 Å². The first-order chi connectivity index (χ1) is 14.7. The van der Waals surface area contributed by atoms with Crippen LogP contribution in [0.5, 0.6) is 0 Å². The summed E-state index contributed by atoms with van der Waals surface area (Å²) in [7, 11) is 0. The normalized spacial score (nSPS) is 11.0. The number of benzene rings is 3. The molecule has 0 atom stereocenters. The van der Waals surface area contributed by atoms with Crippen molar-refractivity contribution in [3.05, 3.63) is 85.9 Å². The zero-order chi connectivity index (χ0) is 22.3. The Labute approximate surface area is 182 Å². The second-order valence-corrected chi connectivity index (χ2v) is 7.74. The molecule has 1 N–H and O–H groups in total. The van der Waals surface area contributed by atoms with Crippen LogP contribution in [-0.4, -0.2) is 15.8 Å². The molecule has 4 aromatic rings. The molecule has 0 aliphatic rings. The number of aromatic nitrogens is 1. The van der Waals surface area contributed by atoms with E-state index < -0.39 is 10.8 Å². The summed E-state index contributed by atoms with van der Waals surface area (Å²) >= 11 is 5.83. The lowest BCUT2D eigenvalue weighted by atomic mass is 10.1. The van der Waals surface area contributed by atoms with Gasteiger partial charge in [0.1, 0.15) is 10.5 Å². The summed E-state index contributed by atoms with van der Waals surface area (Å²) in [5.74, 6) is -0.0403. The number of fused-ring (bicyclic) bond motifs is 1. The minimum absolute atomic E-state index is 0.0267. The Morgan fingerprint density at radius 1 is 1.03 bits per heavy atom. The first-order valence-corrected chi connectivity index (χ1v) is 9.85. The highest BCUT2D eigenvalue weighted by atomic mass is 35.5. The molecule has 0 saturated heterocycles. The molecular weight excluding hydrogens is 418 g/mol. The van der Waals surface area contributed by atoms with Crippen LogP contribution in [0.15, 0.2) is 52.9 Å². The van der Waals surface area contributed by atoms with Gasteiger partial charge in [0.25, 0.3) is 11.6 Å². The van der Waals surface area contributed by atoms with Gasteiger partial charge in [0.2, 0.25) is 5.89 Å². The number of carbonyl (C=O) groups is 1. The van der Waals surface area contributed by atoms with E-state index in [0.29, 0.717) is 22.7 Å². The number of nitro benzene ring substituents is 1. The van der Waals surface area contributed by atoms with E-state index in [1.54, 1.807) is 6.07 Å². The highest BCUT2D eigenvalue weighted by molar-refractivity contribution is 6.32. The predicted molar refractivity (Wildman–Crippen MR) is 120 cm³/mol. The van der Waals surface area contributed by atoms with Crippen LogP contribution in [0.4, 0.5) is 11.4 Å². The van der Waals surface area contributed by atoms with Gasteiger partial charge in [0.05, 0.1) is 4.92 Å². The molecule has 8 heteroatoms. The minimum Gasteiger partial charge on any atom is -0.436 e. The Bertz CT molecular complexity index is 1320. The zero-order valence-corrected chi connectivity index (χ0v) is 17.8. The number of nitrogens with zero attached hydrogens (tertiary/aromatic N) is 2. The van der Waals surface area contributed by atoms with E-state index in [1.807, 2.05) is 45.0 Å². The maximum Gasteiger partial charge on any atom is 0.288 e. The summed E-state index contributed by atoms with van der Waals surface area (Å²) in [4.78, 5) is 27.7. The molecule has 7 nitrogen and oxygen atoms in total. The van der Waals surface area contributed by atoms with E-state index in [2.05, 4.69) is 10.3 Å². The Hall–Kier alpha value is -3.71. The SMILES string of the molecule is Cc1cc2nc(-c3ccc(C)c(NC(=O)c4ccc(Cl)c([N+](=O)[O-])c4)c3)oc2cc1C. The van der Waals surface area contributed by atoms with Gasteiger partial charge >= 0.3 is 0 Å². The molecule has 0 bridgehead atoms. The molecule has 156 valence electrons. The highest BCUT2D eigenvalue weighted by Gasteiger charge is 2.18. The number of carbonyl (C=O) groups excluding carboxylic acids is 1. The zero-order valence-electron chi connectivity index (χ0n) is 17.0. The van der Waals surface area contributed by atoms with E-state index in [-0.39, 0.29) is 16.3 Å². The molecular formula is C23H18ClN3O4. The molecule has 1 heterocycles. The van der Waals surface area contributed by atoms with E-state index in [4.69, 9.17) is 16.0 Å². The third-order valence-electron chi connectivity index (χ3n) is 5.14. The summed E-state index contributed by atoms with van der Waals surface area (Å²) < 4.78 is 5.92. The average Bonchev–Trinajstić information content (AvgIpc) is 3.12. The van der Waals surface area contributed by atoms with Gasteiger partial charge in [-0.15, -0.1) is 0 Å². The van der Waals surface area contributed by atoms with Gasteiger partial charge in [-0.25, -0.2) is 4.98 Å². The van der Waals surface area contributed by atoms with Crippen molar-refractivity contribution in [2.45, 2.75) is 20.8 Å². The number of rotatable bonds is 4. The average molecular weight is 436 g/mol. The van der Waals surface area contributed by atoms with Crippen LogP contribution in [0, 0.1) is 30.9 Å². The lowest BCUT2D eigenvalue weighted by Gasteiger charge is -2.10. The summed E-state index contributed by atoms with van der Waals surface area (Å²) in [6, 6.07) is 13.3. The van der Waals surface area contributed by atoms with Crippen molar-refractivity contribution >= 4 is 40.0 Å². The Morgan fingerprint density at radius 3 is 2.52 bits per heavy atom. The van der Waals surface area contributed by atoms with E-state index in [1.165, 1.54) is 12.1 Å². The standard InChI is InChI=1S/C23H18ClN3O4/c1-12-4-5-16(23-26-19-8-13(2)14(3)9-21(19)31-23)10-18(12)25-22(28)15-6-7-17(24)20(11-15)27(29)30/h4-11H,1-3H3,(H,25,28). The van der Waals surface area contributed by atoms with Crippen molar-refractivity contribution in [2.75, 3.05) is 5.32 Å². The number of aryl methyl sites for hydroxylation is 3. The number of amides is 1. The second-order valence-electron chi connectivity index (χ2n) is 7.33. The fraction of sp³-hybridized carbons (Fsp3) is 0.130. The first kappa shape index (κ1) is 20.6. The van der Waals surface area contributed by atoms with Gasteiger partial charge in [-0.1, -0.05) is 17.7 Å². The van der Waals surface area contributed by atoms with Crippen LogP contribution in [0.1, 0.15) is 27.0 Å². The van der Waals surface area contributed by atoms with Gasteiger partial charge in [-0.3, -0.25) is 14.9 Å². The number of nitrogens with one attached hydrogen (secondary N) is 1. The lowest BCUT2D eigenvalue weighted by Crippen LogP contribution is -2.13. The van der Waals surface area contributed by atoms with Gasteiger partial charge < -0.3 is 9.73 Å². The van der Waals surface area contributed by atoms with Crippen LogP contribution in [0.3, 0.4) is 0 Å². The van der Waals surface area contributed by atoms with Crippen molar-refractivity contribution in [1.29, 1.82) is 0 Å². The van der Waals surface area contributed by atoms with Crippen molar-refractivity contribution in [2.24, 2.45) is 0 Å². The third kappa shape index (κ3) is 4.00. The number of hydrogen-bond acceptors (Lipinski definition) is 5. The summed E-state index contributed by atoms with van der Waals surface area (Å²) in [5.41, 5.74) is 5.58. The molecule has 1 aromatic heterocycles. The van der Waals surface area contributed by atoms with Gasteiger partial charge in [0.15, 0.2) is 5.58 Å². The summed E-state index contributed by atoms with van der Waals surface area (Å²) in [6.45, 7) is 5.88. The number of halogens is 1. The predicted octanol–water partition coefficient (Wildman–Crippen LogP) is 6.23. The molecule has 0 aliphatic carbocycles. The van der Waals surface area contributed by atoms with Crippen molar-refractivity contribution in [3.63, 3.8) is 0 Å². The lowest BCUT2D eigenvalue weighted by molar-refractivity contribution is -0.384. The minimum atomic E-state index is -0.623. The third-order valence-corrected chi connectivity index (χ3v) is 5.46. The van der Waals surface area contributed by atoms with Crippen molar-refractivity contribution in [1.82, 2.24) is 4.98 Å². The molecule has 0 aliphatic heterocycles. The highest BCUT2D eigenvalue weighted by Crippen LogP contribution is 2.30. The van der Waals surface area contributed by atoms with Crippen LogP contribution >= 0.6 is 11.6 Å². The van der Waals surface area contributed by atoms with E-state index in [0.717, 1.165) is 28.3 Å². The van der Waals surface area contributed by atoms with E-state index in [9.17, 15) is 14.9 Å².